The molecule has 0 fully saturated rings. The van der Waals surface area contributed by atoms with E-state index in [1.807, 2.05) is 42.6 Å². The van der Waals surface area contributed by atoms with Gasteiger partial charge in [0, 0.05) is 24.6 Å². The van der Waals surface area contributed by atoms with E-state index in [0.29, 0.717) is 6.42 Å². The zero-order chi connectivity index (χ0) is 11.7. The van der Waals surface area contributed by atoms with Crippen LogP contribution in [0.1, 0.15) is 12.1 Å². The van der Waals surface area contributed by atoms with Crippen molar-refractivity contribution < 1.29 is 4.79 Å². The first-order valence-electron chi connectivity index (χ1n) is 5.67. The average Bonchev–Trinajstić information content (AvgIpc) is 2.39. The number of hydrogen-bond donors (Lipinski definition) is 1. The number of carbonyl (C=O) groups is 1. The van der Waals surface area contributed by atoms with E-state index in [2.05, 4.69) is 10.3 Å². The minimum absolute atomic E-state index is 0.0736. The maximum absolute atomic E-state index is 11.3. The summed E-state index contributed by atoms with van der Waals surface area (Å²) in [5, 5.41) is 2.87. The molecule has 0 atom stereocenters. The van der Waals surface area contributed by atoms with E-state index in [4.69, 9.17) is 0 Å². The number of pyridine rings is 1. The Morgan fingerprint density at radius 2 is 1.88 bits per heavy atom. The molecular formula is C14H12N2O. The Morgan fingerprint density at radius 1 is 1.06 bits per heavy atom. The highest BCUT2D eigenvalue weighted by Crippen LogP contribution is 2.26. The largest absolute Gasteiger partial charge is 0.324 e. The molecule has 1 aromatic carbocycles. The third kappa shape index (κ3) is 1.91. The lowest BCUT2D eigenvalue weighted by Crippen LogP contribution is -2.19. The van der Waals surface area contributed by atoms with Crippen molar-refractivity contribution in [1.29, 1.82) is 0 Å². The van der Waals surface area contributed by atoms with Crippen molar-refractivity contribution in [3.05, 3.63) is 48.3 Å². The minimum Gasteiger partial charge on any atom is -0.324 e. The minimum atomic E-state index is 0.0736. The third-order valence-corrected chi connectivity index (χ3v) is 2.94. The van der Waals surface area contributed by atoms with Gasteiger partial charge in [0.25, 0.3) is 0 Å². The smallest absolute Gasteiger partial charge is 0.224 e. The highest BCUT2D eigenvalue weighted by molar-refractivity contribution is 5.94. The molecule has 3 heteroatoms. The molecule has 0 radical (unpaired) electrons. The molecule has 0 bridgehead atoms. The van der Waals surface area contributed by atoms with Crippen LogP contribution in [0.3, 0.4) is 0 Å². The monoisotopic (exact) mass is 224 g/mol. The number of fused-ring (bicyclic) bond motifs is 1. The van der Waals surface area contributed by atoms with Crippen molar-refractivity contribution >= 4 is 11.6 Å². The normalized spacial score (nSPS) is 14.0. The Hall–Kier alpha value is -2.16. The molecule has 3 nitrogen and oxygen atoms in total. The fourth-order valence-electron chi connectivity index (χ4n) is 2.03. The van der Waals surface area contributed by atoms with Crippen LogP contribution < -0.4 is 5.32 Å². The quantitative estimate of drug-likeness (QED) is 0.809. The van der Waals surface area contributed by atoms with Gasteiger partial charge in [-0.25, -0.2) is 0 Å². The Balaban J connectivity index is 2.04. The number of nitrogens with one attached hydrogen (secondary N) is 1. The Kier molecular flexibility index (Phi) is 2.37. The lowest BCUT2D eigenvalue weighted by Gasteiger charge is -2.16. The van der Waals surface area contributed by atoms with Gasteiger partial charge in [0.05, 0.1) is 11.4 Å². The van der Waals surface area contributed by atoms with Crippen LogP contribution in [0.25, 0.3) is 11.1 Å². The molecule has 1 aliphatic rings. The molecule has 1 amide bonds. The van der Waals surface area contributed by atoms with Crippen LogP contribution in [0.2, 0.25) is 0 Å². The van der Waals surface area contributed by atoms with Gasteiger partial charge in [-0.15, -0.1) is 0 Å². The SMILES string of the molecule is O=C1CCc2ncc(-c3ccccc3)cc2N1. The number of anilines is 1. The molecule has 2 aromatic rings. The fourth-order valence-corrected chi connectivity index (χ4v) is 2.03. The summed E-state index contributed by atoms with van der Waals surface area (Å²) >= 11 is 0. The molecule has 0 spiro atoms. The van der Waals surface area contributed by atoms with Gasteiger partial charge in [-0.3, -0.25) is 9.78 Å². The van der Waals surface area contributed by atoms with Gasteiger partial charge in [-0.2, -0.15) is 0 Å². The second kappa shape index (κ2) is 4.01. The Labute approximate surface area is 99.5 Å². The standard InChI is InChI=1S/C14H12N2O/c17-14-7-6-12-13(16-14)8-11(9-15-12)10-4-2-1-3-5-10/h1-5,8-9H,6-7H2,(H,16,17). The summed E-state index contributed by atoms with van der Waals surface area (Å²) in [6.45, 7) is 0. The molecule has 0 saturated carbocycles. The van der Waals surface area contributed by atoms with Gasteiger partial charge in [-0.05, 0) is 11.6 Å². The second-order valence-corrected chi connectivity index (χ2v) is 4.13. The summed E-state index contributed by atoms with van der Waals surface area (Å²) < 4.78 is 0. The van der Waals surface area contributed by atoms with E-state index in [9.17, 15) is 4.79 Å². The summed E-state index contributed by atoms with van der Waals surface area (Å²) in [7, 11) is 0. The number of aryl methyl sites for hydroxylation is 1. The number of amides is 1. The van der Waals surface area contributed by atoms with Crippen molar-refractivity contribution in [3.63, 3.8) is 0 Å². The van der Waals surface area contributed by atoms with E-state index in [1.54, 1.807) is 0 Å². The first kappa shape index (κ1) is 10.0. The van der Waals surface area contributed by atoms with E-state index in [-0.39, 0.29) is 5.91 Å². The van der Waals surface area contributed by atoms with E-state index in [0.717, 1.165) is 28.9 Å². The third-order valence-electron chi connectivity index (χ3n) is 2.94. The average molecular weight is 224 g/mol. The number of benzene rings is 1. The van der Waals surface area contributed by atoms with Crippen LogP contribution in [0.15, 0.2) is 42.6 Å². The number of rotatable bonds is 1. The van der Waals surface area contributed by atoms with Crippen molar-refractivity contribution in [3.8, 4) is 11.1 Å². The van der Waals surface area contributed by atoms with Crippen LogP contribution in [0.5, 0.6) is 0 Å². The predicted molar refractivity (Wildman–Crippen MR) is 66.6 cm³/mol. The highest BCUT2D eigenvalue weighted by Gasteiger charge is 2.16. The topological polar surface area (TPSA) is 42.0 Å². The van der Waals surface area contributed by atoms with Gasteiger partial charge in [0.2, 0.25) is 5.91 Å². The number of aromatic nitrogens is 1. The van der Waals surface area contributed by atoms with Crippen LogP contribution in [-0.4, -0.2) is 10.9 Å². The zero-order valence-corrected chi connectivity index (χ0v) is 9.31. The molecule has 1 aliphatic heterocycles. The van der Waals surface area contributed by atoms with Gasteiger partial charge in [0.15, 0.2) is 0 Å². The molecule has 3 rings (SSSR count). The van der Waals surface area contributed by atoms with E-state index in [1.165, 1.54) is 0 Å². The van der Waals surface area contributed by atoms with Crippen LogP contribution in [-0.2, 0) is 11.2 Å². The molecule has 0 unspecified atom stereocenters. The molecule has 2 heterocycles. The Bertz CT molecular complexity index is 564. The fraction of sp³-hybridized carbons (Fsp3) is 0.143. The molecule has 0 aliphatic carbocycles. The first-order valence-corrected chi connectivity index (χ1v) is 5.67. The second-order valence-electron chi connectivity index (χ2n) is 4.13. The van der Waals surface area contributed by atoms with E-state index < -0.39 is 0 Å². The summed E-state index contributed by atoms with van der Waals surface area (Å²) in [5.74, 6) is 0.0736. The summed E-state index contributed by atoms with van der Waals surface area (Å²) in [6, 6.07) is 12.0. The maximum Gasteiger partial charge on any atom is 0.224 e. The summed E-state index contributed by atoms with van der Waals surface area (Å²) in [6.07, 6.45) is 3.13. The lowest BCUT2D eigenvalue weighted by atomic mass is 10.0. The van der Waals surface area contributed by atoms with Crippen LogP contribution >= 0.6 is 0 Å². The predicted octanol–water partition coefficient (Wildman–Crippen LogP) is 2.63. The van der Waals surface area contributed by atoms with E-state index >= 15 is 0 Å². The molecule has 0 saturated heterocycles. The molecule has 1 N–H and O–H groups in total. The van der Waals surface area contributed by atoms with Crippen molar-refractivity contribution in [2.24, 2.45) is 0 Å². The first-order chi connectivity index (χ1) is 8.33. The summed E-state index contributed by atoms with van der Waals surface area (Å²) in [5.41, 5.74) is 3.97. The number of hydrogen-bond acceptors (Lipinski definition) is 2. The lowest BCUT2D eigenvalue weighted by molar-refractivity contribution is -0.116. The zero-order valence-electron chi connectivity index (χ0n) is 9.31. The van der Waals surface area contributed by atoms with Crippen LogP contribution in [0.4, 0.5) is 5.69 Å². The number of nitrogens with zero attached hydrogens (tertiary/aromatic N) is 1. The molecular weight excluding hydrogens is 212 g/mol. The van der Waals surface area contributed by atoms with Gasteiger partial charge in [0.1, 0.15) is 0 Å². The van der Waals surface area contributed by atoms with Gasteiger partial charge < -0.3 is 5.32 Å². The number of carbonyl (C=O) groups excluding carboxylic acids is 1. The summed E-state index contributed by atoms with van der Waals surface area (Å²) in [4.78, 5) is 15.8. The van der Waals surface area contributed by atoms with Crippen LogP contribution in [0, 0.1) is 0 Å². The Morgan fingerprint density at radius 3 is 2.71 bits per heavy atom. The van der Waals surface area contributed by atoms with Gasteiger partial charge >= 0.3 is 0 Å². The molecule has 1 aromatic heterocycles. The van der Waals surface area contributed by atoms with Gasteiger partial charge in [-0.1, -0.05) is 30.3 Å². The van der Waals surface area contributed by atoms with Crippen molar-refractivity contribution in [2.45, 2.75) is 12.8 Å². The maximum atomic E-state index is 11.3. The van der Waals surface area contributed by atoms with Crippen molar-refractivity contribution in [2.75, 3.05) is 5.32 Å². The molecule has 17 heavy (non-hydrogen) atoms. The molecule has 84 valence electrons. The highest BCUT2D eigenvalue weighted by atomic mass is 16.1. The van der Waals surface area contributed by atoms with Crippen molar-refractivity contribution in [1.82, 2.24) is 4.98 Å².